The third-order valence-corrected chi connectivity index (χ3v) is 1.82. The first kappa shape index (κ1) is 18.8. The maximum Gasteiger partial charge on any atom is 0.278 e. The van der Waals surface area contributed by atoms with Crippen LogP contribution in [0.4, 0.5) is 0 Å². The van der Waals surface area contributed by atoms with Gasteiger partial charge in [-0.05, 0) is 0 Å². The molecule has 0 aliphatic heterocycles. The molecule has 2 rings (SSSR count). The summed E-state index contributed by atoms with van der Waals surface area (Å²) in [5.74, 6) is -1.73. The van der Waals surface area contributed by atoms with Crippen LogP contribution in [-0.4, -0.2) is 22.2 Å². The van der Waals surface area contributed by atoms with Gasteiger partial charge < -0.3 is 44.8 Å². The zero-order valence-electron chi connectivity index (χ0n) is 9.09. The van der Waals surface area contributed by atoms with Gasteiger partial charge in [0, 0.05) is 17.1 Å². The van der Waals surface area contributed by atoms with E-state index in [1.165, 1.54) is 0 Å². The summed E-state index contributed by atoms with van der Waals surface area (Å²) in [4.78, 5) is 20.1. The Labute approximate surface area is 121 Å². The van der Waals surface area contributed by atoms with Gasteiger partial charge >= 0.3 is 0 Å². The monoisotopic (exact) mass is 310 g/mol. The molecule has 0 saturated carbocycles. The van der Waals surface area contributed by atoms with Gasteiger partial charge in [0.2, 0.25) is 0 Å². The van der Waals surface area contributed by atoms with Crippen molar-refractivity contribution in [2.45, 2.75) is 0 Å². The predicted octanol–water partition coefficient (Wildman–Crippen LogP) is 2.63. The zero-order valence-corrected chi connectivity index (χ0v) is 11.0. The Morgan fingerprint density at radius 2 is 1.39 bits per heavy atom. The van der Waals surface area contributed by atoms with Gasteiger partial charge in [-0.3, -0.25) is 4.79 Å². The van der Waals surface area contributed by atoms with Crippen LogP contribution in [0, 0.1) is 0 Å². The van der Waals surface area contributed by atoms with Crippen LogP contribution in [0.3, 0.4) is 0 Å². The minimum atomic E-state index is -0.866. The molecule has 18 heavy (non-hydrogen) atoms. The normalized spacial score (nSPS) is 8.00. The third-order valence-electron chi connectivity index (χ3n) is 1.82. The van der Waals surface area contributed by atoms with Crippen LogP contribution in [0.25, 0.3) is 0 Å². The molecule has 0 aromatic heterocycles. The number of halogens is 1. The fraction of sp³-hybridized carbons (Fsp3) is 0. The molecular formula is C12H11ClFeO4-6. The maximum atomic E-state index is 10.1. The fourth-order valence-electron chi connectivity index (χ4n) is 1.03. The Morgan fingerprint density at radius 3 is 1.61 bits per heavy atom. The number of carboxylic acids is 2. The van der Waals surface area contributed by atoms with E-state index in [9.17, 15) is 9.59 Å². The molecule has 2 aromatic carbocycles. The number of aromatic carboxylic acids is 2. The molecule has 0 unspecified atom stereocenters. The van der Waals surface area contributed by atoms with Gasteiger partial charge in [0.25, 0.3) is 5.97 Å². The molecule has 0 saturated heterocycles. The molecule has 0 atom stereocenters. The molecule has 0 bridgehead atoms. The minimum Gasteiger partial charge on any atom is -0.681 e. The van der Waals surface area contributed by atoms with Crippen LogP contribution < -0.4 is 0 Å². The van der Waals surface area contributed by atoms with E-state index < -0.39 is 11.9 Å². The third kappa shape index (κ3) is 6.25. The van der Waals surface area contributed by atoms with Crippen LogP contribution >= 0.6 is 12.4 Å². The molecule has 0 aliphatic rings. The second-order valence-electron chi connectivity index (χ2n) is 2.96. The molecule has 6 heteroatoms. The second kappa shape index (κ2) is 9.48. The van der Waals surface area contributed by atoms with Crippen LogP contribution in [0.5, 0.6) is 0 Å². The summed E-state index contributed by atoms with van der Waals surface area (Å²) in [7, 11) is 0. The average molecular weight is 311 g/mol. The van der Waals surface area contributed by atoms with E-state index in [2.05, 4.69) is 0 Å². The Bertz CT molecular complexity index is 404. The second-order valence-corrected chi connectivity index (χ2v) is 2.96. The number of hydrogen-bond donors (Lipinski definition) is 2. The summed E-state index contributed by atoms with van der Waals surface area (Å²) in [6.45, 7) is 0. The maximum absolute atomic E-state index is 10.1. The summed E-state index contributed by atoms with van der Waals surface area (Å²) < 4.78 is 0. The zero-order chi connectivity index (χ0) is 12.0. The summed E-state index contributed by atoms with van der Waals surface area (Å²) in [5, 5.41) is 16.5. The molecule has 104 valence electrons. The average Bonchev–Trinajstić information content (AvgIpc) is 2.93. The van der Waals surface area contributed by atoms with Crippen molar-refractivity contribution in [1.29, 1.82) is 0 Å². The molecule has 4 nitrogen and oxygen atoms in total. The van der Waals surface area contributed by atoms with Crippen molar-refractivity contribution in [3.05, 3.63) is 59.7 Å². The van der Waals surface area contributed by atoms with Gasteiger partial charge in [-0.1, -0.05) is 5.56 Å². The van der Waals surface area contributed by atoms with Gasteiger partial charge in [-0.2, -0.15) is 12.1 Å². The predicted molar refractivity (Wildman–Crippen MR) is 65.2 cm³/mol. The number of carboxylic acid groups (broad SMARTS) is 2. The van der Waals surface area contributed by atoms with Crippen molar-refractivity contribution in [1.82, 2.24) is 0 Å². The summed E-state index contributed by atoms with van der Waals surface area (Å²) in [6, 6.07) is 13.0. The van der Waals surface area contributed by atoms with E-state index in [0.29, 0.717) is 11.1 Å². The largest absolute Gasteiger partial charge is 0.681 e. The van der Waals surface area contributed by atoms with Crippen LogP contribution in [-0.2, 0) is 17.1 Å². The number of rotatable bonds is 2. The Balaban J connectivity index is 0. The first-order valence-corrected chi connectivity index (χ1v) is 4.51. The van der Waals surface area contributed by atoms with Gasteiger partial charge in [0.05, 0.1) is 0 Å². The van der Waals surface area contributed by atoms with Crippen LogP contribution in [0.2, 0.25) is 0 Å². The van der Waals surface area contributed by atoms with Gasteiger partial charge in [-0.25, -0.2) is 12.1 Å². The van der Waals surface area contributed by atoms with Crippen molar-refractivity contribution in [2.75, 3.05) is 0 Å². The Morgan fingerprint density at radius 1 is 0.944 bits per heavy atom. The molecule has 2 N–H and O–H groups in total. The van der Waals surface area contributed by atoms with E-state index in [1.54, 1.807) is 48.5 Å². The van der Waals surface area contributed by atoms with Crippen LogP contribution in [0.1, 0.15) is 20.7 Å². The van der Waals surface area contributed by atoms with Crippen LogP contribution in [0.15, 0.2) is 48.5 Å². The SMILES string of the molecule is Cl.O=C(O)[c-]1[cH-][cH-][cH-][cH-]1.O=C(O)[c-]1cccc1.[Fe]. The quantitative estimate of drug-likeness (QED) is 0.660. The molecule has 0 fully saturated rings. The van der Waals surface area contributed by atoms with Crippen molar-refractivity contribution in [2.24, 2.45) is 0 Å². The van der Waals surface area contributed by atoms with Gasteiger partial charge in [-0.15, -0.1) is 18.4 Å². The number of hydrogen-bond acceptors (Lipinski definition) is 2. The smallest absolute Gasteiger partial charge is 0.278 e. The molecule has 0 spiro atoms. The van der Waals surface area contributed by atoms with Crippen molar-refractivity contribution in [3.63, 3.8) is 0 Å². The Hall–Kier alpha value is -1.55. The molecule has 2 aromatic rings. The minimum absolute atomic E-state index is 0. The standard InChI is InChI=1S/2C6H5O2.ClH.Fe/c2*7-6(8)5-3-1-2-4-5;;/h2*1-4H,(H,7,8);1H;/q-5;-1;;. The Kier molecular flexibility index (Phi) is 9.90. The van der Waals surface area contributed by atoms with E-state index in [4.69, 9.17) is 10.2 Å². The summed E-state index contributed by atoms with van der Waals surface area (Å²) in [6.07, 6.45) is 0. The topological polar surface area (TPSA) is 74.6 Å². The van der Waals surface area contributed by atoms with Gasteiger partial charge in [0.15, 0.2) is 0 Å². The van der Waals surface area contributed by atoms with E-state index in [-0.39, 0.29) is 29.5 Å². The molecule has 0 aliphatic carbocycles. The van der Waals surface area contributed by atoms with Crippen molar-refractivity contribution >= 4 is 24.3 Å². The molecular weight excluding hydrogens is 299 g/mol. The first-order valence-electron chi connectivity index (χ1n) is 4.51. The first-order chi connectivity index (χ1) is 7.61. The van der Waals surface area contributed by atoms with E-state index in [1.807, 2.05) is 0 Å². The van der Waals surface area contributed by atoms with E-state index in [0.717, 1.165) is 0 Å². The summed E-state index contributed by atoms with van der Waals surface area (Å²) in [5.41, 5.74) is 0.704. The number of carbonyl (C=O) groups is 2. The molecule has 0 heterocycles. The van der Waals surface area contributed by atoms with Crippen molar-refractivity contribution < 1.29 is 36.9 Å². The molecule has 0 radical (unpaired) electrons. The summed E-state index contributed by atoms with van der Waals surface area (Å²) >= 11 is 0. The fourth-order valence-corrected chi connectivity index (χ4v) is 1.03. The van der Waals surface area contributed by atoms with Gasteiger partial charge in [0.1, 0.15) is 0 Å². The van der Waals surface area contributed by atoms with Crippen molar-refractivity contribution in [3.8, 4) is 0 Å². The van der Waals surface area contributed by atoms with E-state index >= 15 is 0 Å². The molecule has 0 amide bonds.